The van der Waals surface area contributed by atoms with Crippen LogP contribution in [0.1, 0.15) is 42.2 Å². The van der Waals surface area contributed by atoms with Crippen LogP contribution in [0.5, 0.6) is 0 Å². The first-order valence-electron chi connectivity index (χ1n) is 7.74. The van der Waals surface area contributed by atoms with Gasteiger partial charge in [-0.25, -0.2) is 0 Å². The van der Waals surface area contributed by atoms with E-state index in [2.05, 4.69) is 10.5 Å². The van der Waals surface area contributed by atoms with Gasteiger partial charge in [0.05, 0.1) is 11.7 Å². The average Bonchev–Trinajstić information content (AvgIpc) is 3.09. The third kappa shape index (κ3) is 3.28. The summed E-state index contributed by atoms with van der Waals surface area (Å²) < 4.78 is 10.9. The third-order valence-corrected chi connectivity index (χ3v) is 4.03. The van der Waals surface area contributed by atoms with Crippen molar-refractivity contribution in [2.75, 3.05) is 0 Å². The molecule has 0 aliphatic rings. The molecule has 0 fully saturated rings. The minimum atomic E-state index is -0.167. The molecule has 1 atom stereocenters. The number of benzene rings is 1. The molecule has 0 bridgehead atoms. The molecular formula is C18H20N2O3. The lowest BCUT2D eigenvalue weighted by molar-refractivity contribution is -0.121. The Morgan fingerprint density at radius 2 is 2.09 bits per heavy atom. The molecule has 5 nitrogen and oxygen atoms in total. The van der Waals surface area contributed by atoms with E-state index < -0.39 is 0 Å². The number of nitrogens with one attached hydrogen (secondary N) is 1. The van der Waals surface area contributed by atoms with E-state index >= 15 is 0 Å². The second-order valence-electron chi connectivity index (χ2n) is 5.78. The number of fused-ring (bicyclic) bond motifs is 1. The Morgan fingerprint density at radius 3 is 2.78 bits per heavy atom. The number of carbonyl (C=O) groups is 1. The molecule has 0 aliphatic heterocycles. The van der Waals surface area contributed by atoms with Crippen LogP contribution >= 0.6 is 0 Å². The summed E-state index contributed by atoms with van der Waals surface area (Å²) in [6, 6.07) is 9.62. The first-order chi connectivity index (χ1) is 11.0. The maximum atomic E-state index is 12.2. The first-order valence-corrected chi connectivity index (χ1v) is 7.74. The zero-order chi connectivity index (χ0) is 16.4. The maximum Gasteiger partial charge on any atom is 0.220 e. The van der Waals surface area contributed by atoms with E-state index in [0.29, 0.717) is 12.8 Å². The van der Waals surface area contributed by atoms with Gasteiger partial charge in [0, 0.05) is 17.4 Å². The van der Waals surface area contributed by atoms with Crippen LogP contribution in [0, 0.1) is 13.8 Å². The molecule has 0 radical (unpaired) electrons. The molecule has 5 heteroatoms. The number of aryl methyl sites for hydroxylation is 2. The summed E-state index contributed by atoms with van der Waals surface area (Å²) in [5.74, 6) is 1.52. The van der Waals surface area contributed by atoms with Gasteiger partial charge in [-0.3, -0.25) is 4.79 Å². The van der Waals surface area contributed by atoms with Gasteiger partial charge in [-0.15, -0.1) is 0 Å². The summed E-state index contributed by atoms with van der Waals surface area (Å²) in [7, 11) is 0. The summed E-state index contributed by atoms with van der Waals surface area (Å²) in [5, 5.41) is 7.92. The Balaban J connectivity index is 1.61. The molecule has 3 aromatic rings. The number of rotatable bonds is 5. The number of para-hydroxylation sites is 1. The van der Waals surface area contributed by atoms with Gasteiger partial charge >= 0.3 is 0 Å². The van der Waals surface area contributed by atoms with Crippen molar-refractivity contribution in [3.8, 4) is 0 Å². The molecule has 0 spiro atoms. The summed E-state index contributed by atoms with van der Waals surface area (Å²) in [4.78, 5) is 12.2. The largest absolute Gasteiger partial charge is 0.459 e. The number of carbonyl (C=O) groups excluding carboxylic acids is 1. The van der Waals surface area contributed by atoms with Gasteiger partial charge in [-0.2, -0.15) is 0 Å². The van der Waals surface area contributed by atoms with Crippen molar-refractivity contribution in [1.82, 2.24) is 10.5 Å². The molecule has 0 aliphatic carbocycles. The van der Waals surface area contributed by atoms with Crippen LogP contribution in [0.4, 0.5) is 0 Å². The van der Waals surface area contributed by atoms with E-state index in [0.717, 1.165) is 33.7 Å². The van der Waals surface area contributed by atoms with E-state index in [1.807, 2.05) is 51.1 Å². The second kappa shape index (κ2) is 6.28. The lowest BCUT2D eigenvalue weighted by Crippen LogP contribution is -2.26. The molecular weight excluding hydrogens is 292 g/mol. The first kappa shape index (κ1) is 15.3. The van der Waals surface area contributed by atoms with Crippen LogP contribution in [0.2, 0.25) is 0 Å². The Labute approximate surface area is 134 Å². The van der Waals surface area contributed by atoms with E-state index in [1.165, 1.54) is 0 Å². The van der Waals surface area contributed by atoms with E-state index in [4.69, 9.17) is 8.94 Å². The van der Waals surface area contributed by atoms with Crippen molar-refractivity contribution in [1.29, 1.82) is 0 Å². The quantitative estimate of drug-likeness (QED) is 0.777. The monoisotopic (exact) mass is 312 g/mol. The van der Waals surface area contributed by atoms with Crippen molar-refractivity contribution in [2.45, 2.75) is 39.7 Å². The number of aromatic nitrogens is 1. The highest BCUT2D eigenvalue weighted by Gasteiger charge is 2.16. The van der Waals surface area contributed by atoms with Crippen molar-refractivity contribution in [3.05, 3.63) is 53.1 Å². The highest BCUT2D eigenvalue weighted by atomic mass is 16.5. The molecule has 2 heterocycles. The number of hydrogen-bond donors (Lipinski definition) is 1. The topological polar surface area (TPSA) is 68.3 Å². The van der Waals surface area contributed by atoms with Crippen molar-refractivity contribution >= 4 is 16.9 Å². The molecule has 23 heavy (non-hydrogen) atoms. The fourth-order valence-electron chi connectivity index (χ4n) is 2.70. The van der Waals surface area contributed by atoms with Crippen LogP contribution in [0.15, 0.2) is 39.3 Å². The smallest absolute Gasteiger partial charge is 0.220 e. The summed E-state index contributed by atoms with van der Waals surface area (Å²) in [6.07, 6.45) is 1.02. The SMILES string of the molecule is Cc1noc(C)c1CCC(=O)NC(C)c1cc2ccccc2o1. The molecule has 1 unspecified atom stereocenters. The zero-order valence-corrected chi connectivity index (χ0v) is 13.6. The highest BCUT2D eigenvalue weighted by molar-refractivity contribution is 5.79. The lowest BCUT2D eigenvalue weighted by Gasteiger charge is -2.11. The molecule has 0 saturated heterocycles. The van der Waals surface area contributed by atoms with Crippen LogP contribution in [0.25, 0.3) is 11.0 Å². The van der Waals surface area contributed by atoms with E-state index in [1.54, 1.807) is 0 Å². The third-order valence-electron chi connectivity index (χ3n) is 4.03. The van der Waals surface area contributed by atoms with Crippen molar-refractivity contribution in [2.24, 2.45) is 0 Å². The van der Waals surface area contributed by atoms with Crippen LogP contribution in [-0.4, -0.2) is 11.1 Å². The summed E-state index contributed by atoms with van der Waals surface area (Å²) in [5.41, 5.74) is 2.69. The predicted molar refractivity (Wildman–Crippen MR) is 87.1 cm³/mol. The van der Waals surface area contributed by atoms with E-state index in [-0.39, 0.29) is 11.9 Å². The molecule has 1 N–H and O–H groups in total. The maximum absolute atomic E-state index is 12.2. The molecule has 2 aromatic heterocycles. The van der Waals surface area contributed by atoms with Crippen LogP contribution < -0.4 is 5.32 Å². The van der Waals surface area contributed by atoms with Gasteiger partial charge in [0.15, 0.2) is 0 Å². The van der Waals surface area contributed by atoms with Crippen LogP contribution in [0.3, 0.4) is 0 Å². The number of amides is 1. The minimum Gasteiger partial charge on any atom is -0.459 e. The predicted octanol–water partition coefficient (Wildman–Crippen LogP) is 3.85. The lowest BCUT2D eigenvalue weighted by atomic mass is 10.1. The van der Waals surface area contributed by atoms with Gasteiger partial charge in [0.25, 0.3) is 0 Å². The Kier molecular flexibility index (Phi) is 4.19. The molecule has 0 saturated carbocycles. The molecule has 3 rings (SSSR count). The highest BCUT2D eigenvalue weighted by Crippen LogP contribution is 2.23. The number of furan rings is 1. The number of hydrogen-bond acceptors (Lipinski definition) is 4. The van der Waals surface area contributed by atoms with Gasteiger partial charge in [-0.05, 0) is 39.3 Å². The Hall–Kier alpha value is -2.56. The summed E-state index contributed by atoms with van der Waals surface area (Å²) >= 11 is 0. The second-order valence-corrected chi connectivity index (χ2v) is 5.78. The Bertz CT molecular complexity index is 779. The normalized spacial score (nSPS) is 12.5. The van der Waals surface area contributed by atoms with Crippen LogP contribution in [-0.2, 0) is 11.2 Å². The minimum absolute atomic E-state index is 0.0158. The molecule has 1 amide bonds. The van der Waals surface area contributed by atoms with Gasteiger partial charge in [0.2, 0.25) is 5.91 Å². The Morgan fingerprint density at radius 1 is 1.30 bits per heavy atom. The molecule has 1 aromatic carbocycles. The van der Waals surface area contributed by atoms with E-state index in [9.17, 15) is 4.79 Å². The fraction of sp³-hybridized carbons (Fsp3) is 0.333. The van der Waals surface area contributed by atoms with Gasteiger partial charge < -0.3 is 14.3 Å². The number of nitrogens with zero attached hydrogens (tertiary/aromatic N) is 1. The van der Waals surface area contributed by atoms with Gasteiger partial charge in [0.1, 0.15) is 17.1 Å². The standard InChI is InChI=1S/C18H20N2O3/c1-11-15(13(3)23-20-11)8-9-18(21)19-12(2)17-10-14-6-4-5-7-16(14)22-17/h4-7,10,12H,8-9H2,1-3H3,(H,19,21). The van der Waals surface area contributed by atoms with Crippen molar-refractivity contribution in [3.63, 3.8) is 0 Å². The summed E-state index contributed by atoms with van der Waals surface area (Å²) in [6.45, 7) is 5.68. The fourth-order valence-corrected chi connectivity index (χ4v) is 2.70. The van der Waals surface area contributed by atoms with Gasteiger partial charge in [-0.1, -0.05) is 23.4 Å². The average molecular weight is 312 g/mol. The zero-order valence-electron chi connectivity index (χ0n) is 13.6. The molecule has 120 valence electrons. The van der Waals surface area contributed by atoms with Crippen molar-refractivity contribution < 1.29 is 13.7 Å².